The zero-order valence-corrected chi connectivity index (χ0v) is 13.2. The Balaban J connectivity index is 1.51. The largest absolute Gasteiger partial charge is 0.391 e. The Labute approximate surface area is 126 Å². The van der Waals surface area contributed by atoms with E-state index in [1.165, 1.54) is 38.5 Å². The van der Waals surface area contributed by atoms with E-state index in [0.29, 0.717) is 18.8 Å². The lowest BCUT2D eigenvalue weighted by atomic mass is 9.61. The van der Waals surface area contributed by atoms with Crippen LogP contribution in [0.25, 0.3) is 0 Å². The fourth-order valence-corrected chi connectivity index (χ4v) is 5.51. The van der Waals surface area contributed by atoms with Crippen LogP contribution in [0, 0.1) is 35.5 Å². The maximum absolute atomic E-state index is 12.8. The molecule has 4 atom stereocenters. The van der Waals surface area contributed by atoms with Gasteiger partial charge >= 0.3 is 6.18 Å². The maximum atomic E-state index is 12.8. The van der Waals surface area contributed by atoms with E-state index in [9.17, 15) is 13.2 Å². The molecule has 3 saturated carbocycles. The molecule has 3 heteroatoms. The highest BCUT2D eigenvalue weighted by atomic mass is 19.4. The first kappa shape index (κ1) is 15.7. The Kier molecular flexibility index (Phi) is 4.57. The van der Waals surface area contributed by atoms with Crippen molar-refractivity contribution in [3.05, 3.63) is 0 Å². The molecule has 122 valence electrons. The first-order chi connectivity index (χ1) is 9.93. The van der Waals surface area contributed by atoms with E-state index in [2.05, 4.69) is 6.92 Å². The summed E-state index contributed by atoms with van der Waals surface area (Å²) in [5.74, 6) is 3.01. The Morgan fingerprint density at radius 2 is 1.10 bits per heavy atom. The quantitative estimate of drug-likeness (QED) is 0.540. The van der Waals surface area contributed by atoms with Gasteiger partial charge in [-0.15, -0.1) is 0 Å². The van der Waals surface area contributed by atoms with Crippen molar-refractivity contribution in [2.24, 2.45) is 35.5 Å². The van der Waals surface area contributed by atoms with Gasteiger partial charge in [-0.1, -0.05) is 13.3 Å². The molecular formula is C18H29F3. The Bertz CT molecular complexity index is 341. The van der Waals surface area contributed by atoms with Crippen LogP contribution in [0.1, 0.15) is 71.1 Å². The molecule has 4 unspecified atom stereocenters. The van der Waals surface area contributed by atoms with Crippen molar-refractivity contribution in [2.75, 3.05) is 0 Å². The van der Waals surface area contributed by atoms with Gasteiger partial charge in [-0.2, -0.15) is 13.2 Å². The molecular weight excluding hydrogens is 273 g/mol. The second-order valence-corrected chi connectivity index (χ2v) is 8.16. The topological polar surface area (TPSA) is 0 Å². The van der Waals surface area contributed by atoms with Gasteiger partial charge < -0.3 is 0 Å². The van der Waals surface area contributed by atoms with E-state index in [0.717, 1.165) is 36.5 Å². The number of alkyl halides is 3. The van der Waals surface area contributed by atoms with Crippen LogP contribution in [0.5, 0.6) is 0 Å². The van der Waals surface area contributed by atoms with Crippen molar-refractivity contribution in [3.8, 4) is 0 Å². The van der Waals surface area contributed by atoms with E-state index >= 15 is 0 Å². The predicted octanol–water partition coefficient (Wildman–Crippen LogP) is 6.21. The normalized spacial score (nSPS) is 45.1. The van der Waals surface area contributed by atoms with E-state index in [4.69, 9.17) is 0 Å². The molecule has 0 saturated heterocycles. The average Bonchev–Trinajstić information content (AvgIpc) is 2.46. The van der Waals surface area contributed by atoms with Crippen LogP contribution >= 0.6 is 0 Å². The van der Waals surface area contributed by atoms with Crippen LogP contribution < -0.4 is 0 Å². The minimum atomic E-state index is -3.96. The standard InChI is InChI=1S/C18H29F3/c1-12-2-3-16-11-15(5-4-14(16)10-12)13-6-8-17(9-7-13)18(19,20)21/h12-17H,2-11H2,1H3. The minimum absolute atomic E-state index is 0.385. The Hall–Kier alpha value is -0.210. The second kappa shape index (κ2) is 6.12. The van der Waals surface area contributed by atoms with Gasteiger partial charge in [0.1, 0.15) is 0 Å². The maximum Gasteiger partial charge on any atom is 0.391 e. The van der Waals surface area contributed by atoms with Gasteiger partial charge in [-0.25, -0.2) is 0 Å². The molecule has 3 aliphatic carbocycles. The van der Waals surface area contributed by atoms with Crippen LogP contribution in [-0.4, -0.2) is 6.18 Å². The van der Waals surface area contributed by atoms with Gasteiger partial charge in [0.25, 0.3) is 0 Å². The lowest BCUT2D eigenvalue weighted by Crippen LogP contribution is -2.35. The molecule has 0 N–H and O–H groups in total. The summed E-state index contributed by atoms with van der Waals surface area (Å²) in [5, 5.41) is 0. The Morgan fingerprint density at radius 1 is 0.619 bits per heavy atom. The third-order valence-electron chi connectivity index (χ3n) is 6.82. The van der Waals surface area contributed by atoms with Gasteiger partial charge in [0.05, 0.1) is 5.92 Å². The molecule has 0 heterocycles. The minimum Gasteiger partial charge on any atom is -0.171 e. The molecule has 21 heavy (non-hydrogen) atoms. The van der Waals surface area contributed by atoms with Gasteiger partial charge in [-0.3, -0.25) is 0 Å². The summed E-state index contributed by atoms with van der Waals surface area (Å²) in [6.45, 7) is 2.38. The zero-order valence-electron chi connectivity index (χ0n) is 13.2. The molecule has 0 radical (unpaired) electrons. The monoisotopic (exact) mass is 302 g/mol. The molecule has 0 spiro atoms. The molecule has 0 aromatic rings. The van der Waals surface area contributed by atoms with E-state index in [1.54, 1.807) is 0 Å². The van der Waals surface area contributed by atoms with E-state index < -0.39 is 12.1 Å². The third-order valence-corrected chi connectivity index (χ3v) is 6.82. The van der Waals surface area contributed by atoms with Gasteiger partial charge in [0, 0.05) is 0 Å². The molecule has 3 fully saturated rings. The summed E-state index contributed by atoms with van der Waals surface area (Å²) in [6, 6.07) is 0. The second-order valence-electron chi connectivity index (χ2n) is 8.16. The van der Waals surface area contributed by atoms with Crippen molar-refractivity contribution in [1.29, 1.82) is 0 Å². The molecule has 3 rings (SSSR count). The van der Waals surface area contributed by atoms with Crippen LogP contribution in [0.3, 0.4) is 0 Å². The number of halogens is 3. The smallest absolute Gasteiger partial charge is 0.171 e. The van der Waals surface area contributed by atoms with Crippen LogP contribution in [-0.2, 0) is 0 Å². The molecule has 3 aliphatic rings. The summed E-state index contributed by atoms with van der Waals surface area (Å²) in [4.78, 5) is 0. The van der Waals surface area contributed by atoms with Crippen LogP contribution in [0.15, 0.2) is 0 Å². The van der Waals surface area contributed by atoms with Crippen LogP contribution in [0.2, 0.25) is 0 Å². The fraction of sp³-hybridized carbons (Fsp3) is 1.00. The van der Waals surface area contributed by atoms with Gasteiger partial charge in [-0.05, 0) is 87.4 Å². The number of fused-ring (bicyclic) bond motifs is 1. The van der Waals surface area contributed by atoms with Gasteiger partial charge in [0.2, 0.25) is 0 Å². The summed E-state index contributed by atoms with van der Waals surface area (Å²) in [7, 11) is 0. The number of hydrogen-bond donors (Lipinski definition) is 0. The molecule has 0 aliphatic heterocycles. The highest BCUT2D eigenvalue weighted by molar-refractivity contribution is 4.89. The zero-order chi connectivity index (χ0) is 15.0. The SMILES string of the molecule is CC1CCC2CC(C3CCC(C(F)(F)F)CC3)CCC2C1. The van der Waals surface area contributed by atoms with Crippen molar-refractivity contribution in [2.45, 2.75) is 77.3 Å². The van der Waals surface area contributed by atoms with Crippen molar-refractivity contribution in [1.82, 2.24) is 0 Å². The molecule has 0 amide bonds. The number of hydrogen-bond acceptors (Lipinski definition) is 0. The van der Waals surface area contributed by atoms with Gasteiger partial charge in [0.15, 0.2) is 0 Å². The Morgan fingerprint density at radius 3 is 1.71 bits per heavy atom. The molecule has 0 nitrogen and oxygen atoms in total. The first-order valence-corrected chi connectivity index (χ1v) is 9.00. The first-order valence-electron chi connectivity index (χ1n) is 9.00. The van der Waals surface area contributed by atoms with Crippen molar-refractivity contribution < 1.29 is 13.2 Å². The van der Waals surface area contributed by atoms with Crippen LogP contribution in [0.4, 0.5) is 13.2 Å². The summed E-state index contributed by atoms with van der Waals surface area (Å²) >= 11 is 0. The average molecular weight is 302 g/mol. The van der Waals surface area contributed by atoms with Crippen molar-refractivity contribution in [3.63, 3.8) is 0 Å². The predicted molar refractivity (Wildman–Crippen MR) is 78.8 cm³/mol. The highest BCUT2D eigenvalue weighted by Crippen LogP contribution is 2.50. The molecule has 0 bridgehead atoms. The van der Waals surface area contributed by atoms with E-state index in [-0.39, 0.29) is 0 Å². The lowest BCUT2D eigenvalue weighted by molar-refractivity contribution is -0.185. The molecule has 0 aromatic carbocycles. The molecule has 0 aromatic heterocycles. The summed E-state index contributed by atoms with van der Waals surface area (Å²) in [5.41, 5.74) is 0. The highest BCUT2D eigenvalue weighted by Gasteiger charge is 2.44. The van der Waals surface area contributed by atoms with E-state index in [1.807, 2.05) is 0 Å². The lowest BCUT2D eigenvalue weighted by Gasteiger charge is -2.45. The summed E-state index contributed by atoms with van der Waals surface area (Å²) in [6.07, 6.45) is 6.55. The summed E-state index contributed by atoms with van der Waals surface area (Å²) < 4.78 is 38.3. The fourth-order valence-electron chi connectivity index (χ4n) is 5.51. The third kappa shape index (κ3) is 3.59. The number of rotatable bonds is 1. The van der Waals surface area contributed by atoms with Crippen molar-refractivity contribution >= 4 is 0 Å².